The Morgan fingerprint density at radius 2 is 1.87 bits per heavy atom. The number of nitrogens with one attached hydrogen (secondary N) is 1. The average molecular weight is 432 g/mol. The highest BCUT2D eigenvalue weighted by molar-refractivity contribution is 5.94. The Labute approximate surface area is 175 Å². The van der Waals surface area contributed by atoms with Crippen molar-refractivity contribution in [3.63, 3.8) is 0 Å². The number of amides is 1. The van der Waals surface area contributed by atoms with Gasteiger partial charge in [-0.2, -0.15) is 18.3 Å². The summed E-state index contributed by atoms with van der Waals surface area (Å²) in [4.78, 5) is 27.0. The first-order valence-corrected chi connectivity index (χ1v) is 9.61. The van der Waals surface area contributed by atoms with Crippen LogP contribution in [0.5, 0.6) is 0 Å². The van der Waals surface area contributed by atoms with Gasteiger partial charge in [0.25, 0.3) is 5.56 Å². The third kappa shape index (κ3) is 4.53. The number of ether oxygens (including phenoxy) is 1. The van der Waals surface area contributed by atoms with Crippen LogP contribution in [-0.4, -0.2) is 42.0 Å². The molecule has 1 saturated heterocycles. The number of carbonyl (C=O) groups is 1. The van der Waals surface area contributed by atoms with Crippen molar-refractivity contribution in [2.24, 2.45) is 0 Å². The summed E-state index contributed by atoms with van der Waals surface area (Å²) in [5.41, 5.74) is -0.842. The number of halogens is 3. The van der Waals surface area contributed by atoms with Gasteiger partial charge in [0.1, 0.15) is 6.54 Å². The minimum absolute atomic E-state index is 0.0237. The van der Waals surface area contributed by atoms with Crippen molar-refractivity contribution in [3.8, 4) is 0 Å². The van der Waals surface area contributed by atoms with Crippen LogP contribution in [0.3, 0.4) is 0 Å². The van der Waals surface area contributed by atoms with Crippen molar-refractivity contribution in [2.45, 2.75) is 12.7 Å². The minimum Gasteiger partial charge on any atom is -0.378 e. The Hall–Kier alpha value is -3.40. The molecule has 3 aromatic rings. The number of hydrogen-bond donors (Lipinski definition) is 1. The lowest BCUT2D eigenvalue weighted by atomic mass is 10.1. The predicted octanol–water partition coefficient (Wildman–Crippen LogP) is 2.89. The first kappa shape index (κ1) is 20.9. The van der Waals surface area contributed by atoms with E-state index in [0.29, 0.717) is 42.8 Å². The van der Waals surface area contributed by atoms with E-state index in [1.54, 1.807) is 24.3 Å². The second-order valence-electron chi connectivity index (χ2n) is 7.07. The van der Waals surface area contributed by atoms with Crippen molar-refractivity contribution < 1.29 is 22.7 Å². The van der Waals surface area contributed by atoms with Gasteiger partial charge in [0, 0.05) is 18.5 Å². The summed E-state index contributed by atoms with van der Waals surface area (Å²) in [6.07, 6.45) is -3.09. The Kier molecular flexibility index (Phi) is 5.64. The standard InChI is InChI=1S/C21H19F3N4O3/c22-21(23,24)15-5-6-18(27-7-9-31-10-8-27)17(11-15)26-19(29)13-28-20(30)16-4-2-1-3-14(16)12-25-28/h1-6,11-12H,7-10,13H2,(H,26,29). The fourth-order valence-corrected chi connectivity index (χ4v) is 3.46. The first-order chi connectivity index (χ1) is 14.8. The van der Waals surface area contributed by atoms with E-state index in [0.717, 1.165) is 16.8 Å². The number of morpholine rings is 1. The largest absolute Gasteiger partial charge is 0.416 e. The normalized spacial score (nSPS) is 14.6. The van der Waals surface area contributed by atoms with Gasteiger partial charge in [0.05, 0.1) is 41.7 Å². The molecule has 0 spiro atoms. The molecule has 162 valence electrons. The van der Waals surface area contributed by atoms with Gasteiger partial charge in [0.15, 0.2) is 0 Å². The Balaban J connectivity index is 1.62. The van der Waals surface area contributed by atoms with Crippen LogP contribution in [0.15, 0.2) is 53.5 Å². The van der Waals surface area contributed by atoms with Crippen molar-refractivity contribution in [1.82, 2.24) is 9.78 Å². The quantitative estimate of drug-likeness (QED) is 0.686. The number of anilines is 2. The molecule has 1 amide bonds. The maximum absolute atomic E-state index is 13.2. The maximum Gasteiger partial charge on any atom is 0.416 e. The monoisotopic (exact) mass is 432 g/mol. The van der Waals surface area contributed by atoms with E-state index >= 15 is 0 Å². The first-order valence-electron chi connectivity index (χ1n) is 9.61. The van der Waals surface area contributed by atoms with Crippen LogP contribution in [0, 0.1) is 0 Å². The minimum atomic E-state index is -4.56. The molecule has 0 bridgehead atoms. The van der Waals surface area contributed by atoms with E-state index in [1.165, 1.54) is 12.3 Å². The smallest absolute Gasteiger partial charge is 0.378 e. The van der Waals surface area contributed by atoms with Crippen molar-refractivity contribution >= 4 is 28.1 Å². The molecule has 0 radical (unpaired) electrons. The molecule has 0 unspecified atom stereocenters. The average Bonchev–Trinajstić information content (AvgIpc) is 2.76. The van der Waals surface area contributed by atoms with Gasteiger partial charge in [-0.1, -0.05) is 18.2 Å². The van der Waals surface area contributed by atoms with Crippen molar-refractivity contribution in [2.75, 3.05) is 36.5 Å². The van der Waals surface area contributed by atoms with E-state index in [-0.39, 0.29) is 5.69 Å². The highest BCUT2D eigenvalue weighted by Crippen LogP contribution is 2.35. The Morgan fingerprint density at radius 3 is 2.61 bits per heavy atom. The number of aromatic nitrogens is 2. The van der Waals surface area contributed by atoms with Crippen LogP contribution >= 0.6 is 0 Å². The summed E-state index contributed by atoms with van der Waals surface area (Å²) in [5, 5.41) is 7.55. The number of fused-ring (bicyclic) bond motifs is 1. The van der Waals surface area contributed by atoms with Crippen LogP contribution in [0.1, 0.15) is 5.56 Å². The van der Waals surface area contributed by atoms with Crippen molar-refractivity contribution in [3.05, 3.63) is 64.6 Å². The molecule has 0 atom stereocenters. The Bertz CT molecular complexity index is 1170. The van der Waals surface area contributed by atoms with Crippen LogP contribution in [0.25, 0.3) is 10.8 Å². The molecular formula is C21H19F3N4O3. The van der Waals surface area contributed by atoms with Gasteiger partial charge in [-0.25, -0.2) is 4.68 Å². The zero-order valence-corrected chi connectivity index (χ0v) is 16.4. The lowest BCUT2D eigenvalue weighted by Crippen LogP contribution is -2.37. The van der Waals surface area contributed by atoms with Crippen LogP contribution < -0.4 is 15.8 Å². The van der Waals surface area contributed by atoms with Crippen molar-refractivity contribution in [1.29, 1.82) is 0 Å². The summed E-state index contributed by atoms with van der Waals surface area (Å²) in [5.74, 6) is -0.654. The molecule has 4 rings (SSSR count). The van der Waals surface area contributed by atoms with Gasteiger partial charge in [-0.3, -0.25) is 9.59 Å². The molecule has 2 aromatic carbocycles. The lowest BCUT2D eigenvalue weighted by molar-refractivity contribution is -0.137. The topological polar surface area (TPSA) is 76.5 Å². The molecule has 0 saturated carbocycles. The fraction of sp³-hybridized carbons (Fsp3) is 0.286. The van der Waals surface area contributed by atoms with Crippen LogP contribution in [-0.2, 0) is 22.3 Å². The molecule has 1 N–H and O–H groups in total. The van der Waals surface area contributed by atoms with E-state index in [4.69, 9.17) is 4.74 Å². The maximum atomic E-state index is 13.2. The number of benzene rings is 2. The summed E-state index contributed by atoms with van der Waals surface area (Å²) < 4.78 is 46.0. The molecule has 1 aromatic heterocycles. The van der Waals surface area contributed by atoms with Gasteiger partial charge >= 0.3 is 6.18 Å². The molecule has 1 fully saturated rings. The highest BCUT2D eigenvalue weighted by Gasteiger charge is 2.32. The zero-order valence-electron chi connectivity index (χ0n) is 16.4. The predicted molar refractivity (Wildman–Crippen MR) is 109 cm³/mol. The summed E-state index contributed by atoms with van der Waals surface area (Å²) in [6, 6.07) is 10.0. The molecule has 31 heavy (non-hydrogen) atoms. The number of rotatable bonds is 4. The third-order valence-electron chi connectivity index (χ3n) is 5.00. The summed E-state index contributed by atoms with van der Waals surface area (Å²) >= 11 is 0. The van der Waals surface area contributed by atoms with Crippen LogP contribution in [0.4, 0.5) is 24.5 Å². The fourth-order valence-electron chi connectivity index (χ4n) is 3.46. The summed E-state index contributed by atoms with van der Waals surface area (Å²) in [7, 11) is 0. The molecule has 7 nitrogen and oxygen atoms in total. The van der Waals surface area contributed by atoms with E-state index < -0.39 is 29.8 Å². The van der Waals surface area contributed by atoms with Gasteiger partial charge in [-0.05, 0) is 24.3 Å². The molecule has 1 aliphatic rings. The van der Waals surface area contributed by atoms with E-state index in [9.17, 15) is 22.8 Å². The second-order valence-corrected chi connectivity index (χ2v) is 7.07. The van der Waals surface area contributed by atoms with E-state index in [2.05, 4.69) is 10.4 Å². The molecule has 0 aliphatic carbocycles. The Morgan fingerprint density at radius 1 is 1.13 bits per heavy atom. The second kappa shape index (κ2) is 8.38. The number of carbonyl (C=O) groups excluding carboxylic acids is 1. The molecule has 2 heterocycles. The van der Waals surface area contributed by atoms with Gasteiger partial charge < -0.3 is 15.0 Å². The summed E-state index contributed by atoms with van der Waals surface area (Å²) in [6.45, 7) is 1.41. The number of alkyl halides is 3. The molecule has 10 heteroatoms. The van der Waals surface area contributed by atoms with Crippen LogP contribution in [0.2, 0.25) is 0 Å². The highest BCUT2D eigenvalue weighted by atomic mass is 19.4. The zero-order chi connectivity index (χ0) is 22.0. The van der Waals surface area contributed by atoms with Gasteiger partial charge in [0.2, 0.25) is 5.91 Å². The van der Waals surface area contributed by atoms with E-state index in [1.807, 2.05) is 4.90 Å². The third-order valence-corrected chi connectivity index (χ3v) is 5.00. The SMILES string of the molecule is O=C(Cn1ncc2ccccc2c1=O)Nc1cc(C(F)(F)F)ccc1N1CCOCC1. The molecule has 1 aliphatic heterocycles. The van der Waals surface area contributed by atoms with Gasteiger partial charge in [-0.15, -0.1) is 0 Å². The molecular weight excluding hydrogens is 413 g/mol. The lowest BCUT2D eigenvalue weighted by Gasteiger charge is -2.31. The number of nitrogens with zero attached hydrogens (tertiary/aromatic N) is 3. The number of hydrogen-bond acceptors (Lipinski definition) is 5.